The van der Waals surface area contributed by atoms with Crippen molar-refractivity contribution in [1.82, 2.24) is 4.90 Å². The molecule has 1 heterocycles. The van der Waals surface area contributed by atoms with Crippen LogP contribution in [0.15, 0.2) is 0 Å². The summed E-state index contributed by atoms with van der Waals surface area (Å²) < 4.78 is 5.52. The van der Waals surface area contributed by atoms with Crippen LogP contribution in [0.4, 0.5) is 0 Å². The third-order valence-electron chi connectivity index (χ3n) is 3.90. The van der Waals surface area contributed by atoms with E-state index in [1.807, 2.05) is 32.7 Å². The Kier molecular flexibility index (Phi) is 6.09. The van der Waals surface area contributed by atoms with Gasteiger partial charge in [0.05, 0.1) is 12.1 Å². The SMILES string of the molecule is CC(N)CCCC(C)C(=O)N(C)C1CCOC1C. The highest BCUT2D eigenvalue weighted by Crippen LogP contribution is 2.21. The summed E-state index contributed by atoms with van der Waals surface area (Å²) in [7, 11) is 1.90. The molecule has 0 radical (unpaired) electrons. The van der Waals surface area contributed by atoms with E-state index in [0.717, 1.165) is 32.3 Å². The van der Waals surface area contributed by atoms with E-state index in [4.69, 9.17) is 10.5 Å². The molecule has 4 heteroatoms. The first-order valence-corrected chi connectivity index (χ1v) is 7.07. The summed E-state index contributed by atoms with van der Waals surface area (Å²) in [5.41, 5.74) is 5.72. The number of amides is 1. The Balaban J connectivity index is 2.37. The molecule has 0 saturated carbocycles. The first-order valence-electron chi connectivity index (χ1n) is 7.07. The van der Waals surface area contributed by atoms with Crippen LogP contribution < -0.4 is 5.73 Å². The number of likely N-dealkylation sites (N-methyl/N-ethyl adjacent to an activating group) is 1. The second-order valence-electron chi connectivity index (χ2n) is 5.69. The van der Waals surface area contributed by atoms with E-state index in [-0.39, 0.29) is 30.0 Å². The monoisotopic (exact) mass is 256 g/mol. The Labute approximate surface area is 111 Å². The van der Waals surface area contributed by atoms with E-state index in [1.54, 1.807) is 0 Å². The lowest BCUT2D eigenvalue weighted by Crippen LogP contribution is -2.43. The third kappa shape index (κ3) is 4.25. The molecule has 18 heavy (non-hydrogen) atoms. The van der Waals surface area contributed by atoms with E-state index >= 15 is 0 Å². The Bertz CT molecular complexity index is 269. The zero-order valence-corrected chi connectivity index (χ0v) is 12.2. The van der Waals surface area contributed by atoms with Gasteiger partial charge in [-0.1, -0.05) is 13.3 Å². The molecule has 0 aromatic heterocycles. The zero-order valence-electron chi connectivity index (χ0n) is 12.2. The zero-order chi connectivity index (χ0) is 13.7. The Morgan fingerprint density at radius 3 is 2.61 bits per heavy atom. The second kappa shape index (κ2) is 7.10. The van der Waals surface area contributed by atoms with Gasteiger partial charge in [-0.15, -0.1) is 0 Å². The summed E-state index contributed by atoms with van der Waals surface area (Å²) in [6.45, 7) is 6.83. The van der Waals surface area contributed by atoms with Gasteiger partial charge < -0.3 is 15.4 Å². The number of hydrogen-bond donors (Lipinski definition) is 1. The van der Waals surface area contributed by atoms with Crippen LogP contribution in [-0.4, -0.2) is 42.6 Å². The smallest absolute Gasteiger partial charge is 0.225 e. The van der Waals surface area contributed by atoms with Gasteiger partial charge in [0, 0.05) is 25.6 Å². The van der Waals surface area contributed by atoms with Gasteiger partial charge in [0.2, 0.25) is 5.91 Å². The maximum atomic E-state index is 12.3. The lowest BCUT2D eigenvalue weighted by atomic mass is 9.99. The second-order valence-corrected chi connectivity index (χ2v) is 5.69. The Morgan fingerprint density at radius 2 is 2.11 bits per heavy atom. The lowest BCUT2D eigenvalue weighted by molar-refractivity contribution is -0.137. The van der Waals surface area contributed by atoms with Crippen LogP contribution in [0, 0.1) is 5.92 Å². The van der Waals surface area contributed by atoms with E-state index in [2.05, 4.69) is 0 Å². The van der Waals surface area contributed by atoms with Crippen LogP contribution >= 0.6 is 0 Å². The third-order valence-corrected chi connectivity index (χ3v) is 3.90. The quantitative estimate of drug-likeness (QED) is 0.788. The van der Waals surface area contributed by atoms with Crippen molar-refractivity contribution in [2.75, 3.05) is 13.7 Å². The normalized spacial score (nSPS) is 26.9. The number of hydrogen-bond acceptors (Lipinski definition) is 3. The molecule has 2 N–H and O–H groups in total. The van der Waals surface area contributed by atoms with E-state index in [0.29, 0.717) is 0 Å². The van der Waals surface area contributed by atoms with Crippen LogP contribution in [0.25, 0.3) is 0 Å². The van der Waals surface area contributed by atoms with Gasteiger partial charge in [0.25, 0.3) is 0 Å². The molecule has 1 saturated heterocycles. The number of nitrogens with two attached hydrogens (primary N) is 1. The van der Waals surface area contributed by atoms with Crippen LogP contribution in [0.1, 0.15) is 46.5 Å². The number of rotatable bonds is 6. The highest BCUT2D eigenvalue weighted by atomic mass is 16.5. The minimum Gasteiger partial charge on any atom is -0.376 e. The van der Waals surface area contributed by atoms with Gasteiger partial charge in [-0.25, -0.2) is 0 Å². The van der Waals surface area contributed by atoms with Gasteiger partial charge >= 0.3 is 0 Å². The van der Waals surface area contributed by atoms with Crippen LogP contribution in [-0.2, 0) is 9.53 Å². The average Bonchev–Trinajstić information content (AvgIpc) is 2.72. The summed E-state index contributed by atoms with van der Waals surface area (Å²) in [6, 6.07) is 0.474. The van der Waals surface area contributed by atoms with E-state index < -0.39 is 0 Å². The molecule has 0 aliphatic carbocycles. The van der Waals surface area contributed by atoms with Gasteiger partial charge in [-0.3, -0.25) is 4.79 Å². The first kappa shape index (κ1) is 15.4. The predicted octanol–water partition coefficient (Wildman–Crippen LogP) is 1.78. The van der Waals surface area contributed by atoms with Crippen molar-refractivity contribution >= 4 is 5.91 Å². The molecule has 0 bridgehead atoms. The molecule has 1 fully saturated rings. The summed E-state index contributed by atoms with van der Waals surface area (Å²) in [4.78, 5) is 14.2. The molecule has 4 atom stereocenters. The van der Waals surface area contributed by atoms with E-state index in [1.165, 1.54) is 0 Å². The molecule has 1 rings (SSSR count). The molecule has 106 valence electrons. The van der Waals surface area contributed by atoms with Gasteiger partial charge in [-0.05, 0) is 33.1 Å². The molecule has 1 aliphatic rings. The highest BCUT2D eigenvalue weighted by Gasteiger charge is 2.32. The number of nitrogens with zero attached hydrogens (tertiary/aromatic N) is 1. The molecule has 0 aromatic rings. The molecule has 1 amide bonds. The fourth-order valence-corrected chi connectivity index (χ4v) is 2.61. The summed E-state index contributed by atoms with van der Waals surface area (Å²) >= 11 is 0. The van der Waals surface area contributed by atoms with Gasteiger partial charge in [0.15, 0.2) is 0 Å². The Morgan fingerprint density at radius 1 is 1.44 bits per heavy atom. The molecular weight excluding hydrogens is 228 g/mol. The van der Waals surface area contributed by atoms with Crippen molar-refractivity contribution in [3.8, 4) is 0 Å². The fraction of sp³-hybridized carbons (Fsp3) is 0.929. The predicted molar refractivity (Wildman–Crippen MR) is 73.3 cm³/mol. The maximum absolute atomic E-state index is 12.3. The molecule has 0 spiro atoms. The van der Waals surface area contributed by atoms with Crippen molar-refractivity contribution in [2.24, 2.45) is 11.7 Å². The van der Waals surface area contributed by atoms with Crippen molar-refractivity contribution in [3.63, 3.8) is 0 Å². The topological polar surface area (TPSA) is 55.6 Å². The molecule has 4 unspecified atom stereocenters. The Hall–Kier alpha value is -0.610. The van der Waals surface area contributed by atoms with Crippen molar-refractivity contribution in [2.45, 2.75) is 64.6 Å². The standard InChI is InChI=1S/C14H28N2O2/c1-10(6-5-7-11(2)15)14(17)16(4)13-8-9-18-12(13)3/h10-13H,5-9,15H2,1-4H3. The molecule has 0 aromatic carbocycles. The lowest BCUT2D eigenvalue weighted by Gasteiger charge is -2.29. The first-order chi connectivity index (χ1) is 8.43. The van der Waals surface area contributed by atoms with Crippen LogP contribution in [0.2, 0.25) is 0 Å². The molecule has 4 nitrogen and oxygen atoms in total. The number of ether oxygens (including phenoxy) is 1. The molecule has 1 aliphatic heterocycles. The highest BCUT2D eigenvalue weighted by molar-refractivity contribution is 5.78. The van der Waals surface area contributed by atoms with Crippen molar-refractivity contribution in [1.29, 1.82) is 0 Å². The van der Waals surface area contributed by atoms with Gasteiger partial charge in [0.1, 0.15) is 0 Å². The van der Waals surface area contributed by atoms with Gasteiger partial charge in [-0.2, -0.15) is 0 Å². The number of carbonyl (C=O) groups excluding carboxylic acids is 1. The van der Waals surface area contributed by atoms with Crippen LogP contribution in [0.5, 0.6) is 0 Å². The summed E-state index contributed by atoms with van der Waals surface area (Å²) in [5, 5.41) is 0. The summed E-state index contributed by atoms with van der Waals surface area (Å²) in [5.74, 6) is 0.323. The minimum absolute atomic E-state index is 0.0848. The molecular formula is C14H28N2O2. The fourth-order valence-electron chi connectivity index (χ4n) is 2.61. The minimum atomic E-state index is 0.0848. The maximum Gasteiger partial charge on any atom is 0.225 e. The van der Waals surface area contributed by atoms with Crippen LogP contribution in [0.3, 0.4) is 0 Å². The number of carbonyl (C=O) groups is 1. The average molecular weight is 256 g/mol. The van der Waals surface area contributed by atoms with Crippen molar-refractivity contribution in [3.05, 3.63) is 0 Å². The van der Waals surface area contributed by atoms with E-state index in [9.17, 15) is 4.79 Å². The van der Waals surface area contributed by atoms with Crippen molar-refractivity contribution < 1.29 is 9.53 Å². The summed E-state index contributed by atoms with van der Waals surface area (Å²) in [6.07, 6.45) is 4.05. The largest absolute Gasteiger partial charge is 0.376 e.